The summed E-state index contributed by atoms with van der Waals surface area (Å²) in [5.41, 5.74) is 1.62. The van der Waals surface area contributed by atoms with Crippen molar-refractivity contribution in [1.29, 1.82) is 0 Å². The van der Waals surface area contributed by atoms with E-state index in [1.54, 1.807) is 0 Å². The van der Waals surface area contributed by atoms with E-state index >= 15 is 0 Å². The van der Waals surface area contributed by atoms with Crippen LogP contribution in [0.3, 0.4) is 0 Å². The lowest BCUT2D eigenvalue weighted by molar-refractivity contribution is -0.608. The first kappa shape index (κ1) is 25.6. The Kier molecular flexibility index (Phi) is 7.67. The fraction of sp³-hybridized carbons (Fsp3) is 0.136. The van der Waals surface area contributed by atoms with Gasteiger partial charge < -0.3 is 20.6 Å². The van der Waals surface area contributed by atoms with Crippen LogP contribution < -0.4 is 25.5 Å². The maximum atomic E-state index is 13.0. The third-order valence-corrected chi connectivity index (χ3v) is 4.96. The molecule has 3 N–H and O–H groups in total. The summed E-state index contributed by atoms with van der Waals surface area (Å²) in [6.07, 6.45) is -3.53. The van der Waals surface area contributed by atoms with Gasteiger partial charge >= 0.3 is 18.1 Å². The smallest absolute Gasteiger partial charge is 0.417 e. The Morgan fingerprint density at radius 2 is 1.63 bits per heavy atom. The number of nitrogens with one attached hydrogen (secondary N) is 3. The Morgan fingerprint density at radius 3 is 2.26 bits per heavy atom. The van der Waals surface area contributed by atoms with Crippen LogP contribution in [-0.4, -0.2) is 31.0 Å². The van der Waals surface area contributed by atoms with E-state index in [9.17, 15) is 28.0 Å². The van der Waals surface area contributed by atoms with Crippen LogP contribution in [0.25, 0.3) is 0 Å². The van der Waals surface area contributed by atoms with E-state index in [4.69, 9.17) is 16.3 Å². The Hall–Kier alpha value is -4.03. The summed E-state index contributed by atoms with van der Waals surface area (Å²) in [5.74, 6) is 0.000613. The van der Waals surface area contributed by atoms with Gasteiger partial charge in [-0.1, -0.05) is 11.6 Å². The summed E-state index contributed by atoms with van der Waals surface area (Å²) in [7, 11) is 2.98. The van der Waals surface area contributed by atoms with Crippen molar-refractivity contribution in [2.75, 3.05) is 24.7 Å². The van der Waals surface area contributed by atoms with Crippen LogP contribution >= 0.6 is 11.6 Å². The standard InChI is InChI=1S/C22H19ClF3N5O4/c1-27-30(2)20(32)19-12-16(9-10-31(19)34)35-15-6-3-13(4-7-15)28-21(33)29-14-5-8-18(23)17(11-14)22(24,25)26/h3-12,27H,1-2H3,(H2,28,29,33). The number of pyridine rings is 1. The van der Waals surface area contributed by atoms with Crippen LogP contribution in [0.2, 0.25) is 5.02 Å². The molecule has 9 nitrogen and oxygen atoms in total. The highest BCUT2D eigenvalue weighted by molar-refractivity contribution is 6.31. The summed E-state index contributed by atoms with van der Waals surface area (Å²) in [6.45, 7) is 0. The van der Waals surface area contributed by atoms with Crippen molar-refractivity contribution in [2.45, 2.75) is 6.18 Å². The quantitative estimate of drug-likeness (QED) is 0.255. The van der Waals surface area contributed by atoms with Crippen LogP contribution in [-0.2, 0) is 6.18 Å². The number of amides is 3. The van der Waals surface area contributed by atoms with Crippen molar-refractivity contribution in [3.05, 3.63) is 82.3 Å². The van der Waals surface area contributed by atoms with Gasteiger partial charge in [-0.3, -0.25) is 9.80 Å². The molecule has 3 rings (SSSR count). The summed E-state index contributed by atoms with van der Waals surface area (Å²) in [4.78, 5) is 24.4. The molecule has 35 heavy (non-hydrogen) atoms. The molecule has 0 aliphatic carbocycles. The van der Waals surface area contributed by atoms with Crippen LogP contribution in [0.15, 0.2) is 60.8 Å². The van der Waals surface area contributed by atoms with Gasteiger partial charge in [0.05, 0.1) is 16.7 Å². The third-order valence-electron chi connectivity index (χ3n) is 4.63. The first-order valence-corrected chi connectivity index (χ1v) is 10.3. The summed E-state index contributed by atoms with van der Waals surface area (Å²) in [5, 5.41) is 17.4. The van der Waals surface area contributed by atoms with E-state index in [2.05, 4.69) is 16.1 Å². The fourth-order valence-electron chi connectivity index (χ4n) is 2.82. The van der Waals surface area contributed by atoms with Gasteiger partial charge in [-0.15, -0.1) is 0 Å². The average molecular weight is 510 g/mol. The van der Waals surface area contributed by atoms with Gasteiger partial charge in [-0.2, -0.15) is 17.9 Å². The Bertz CT molecular complexity index is 1240. The number of nitrogens with zero attached hydrogens (tertiary/aromatic N) is 2. The zero-order valence-corrected chi connectivity index (χ0v) is 19.1. The van der Waals surface area contributed by atoms with Gasteiger partial charge in [-0.25, -0.2) is 10.2 Å². The van der Waals surface area contributed by atoms with E-state index in [1.807, 2.05) is 0 Å². The molecule has 3 aromatic rings. The van der Waals surface area contributed by atoms with Crippen LogP contribution in [0.4, 0.5) is 29.3 Å². The van der Waals surface area contributed by atoms with E-state index in [0.29, 0.717) is 16.2 Å². The predicted molar refractivity (Wildman–Crippen MR) is 122 cm³/mol. The second-order valence-electron chi connectivity index (χ2n) is 7.06. The van der Waals surface area contributed by atoms with Crippen molar-refractivity contribution in [2.24, 2.45) is 0 Å². The molecule has 1 heterocycles. The van der Waals surface area contributed by atoms with Crippen LogP contribution in [0.5, 0.6) is 11.5 Å². The van der Waals surface area contributed by atoms with Gasteiger partial charge in [-0.05, 0) is 42.5 Å². The lowest BCUT2D eigenvalue weighted by Gasteiger charge is -2.15. The van der Waals surface area contributed by atoms with Crippen molar-refractivity contribution < 1.29 is 32.2 Å². The zero-order chi connectivity index (χ0) is 25.8. The molecule has 0 saturated carbocycles. The normalized spacial score (nSPS) is 11.0. The van der Waals surface area contributed by atoms with Crippen LogP contribution in [0.1, 0.15) is 16.1 Å². The highest BCUT2D eigenvalue weighted by Crippen LogP contribution is 2.36. The lowest BCUT2D eigenvalue weighted by atomic mass is 10.2. The minimum Gasteiger partial charge on any atom is -0.618 e. The molecule has 0 unspecified atom stereocenters. The molecule has 0 radical (unpaired) electrons. The molecule has 13 heteroatoms. The number of carbonyl (C=O) groups excluding carboxylic acids is 2. The Labute approximate surface area is 202 Å². The minimum absolute atomic E-state index is 0.0897. The number of alkyl halides is 3. The molecular weight excluding hydrogens is 491 g/mol. The number of benzene rings is 2. The van der Waals surface area contributed by atoms with Gasteiger partial charge in [0.15, 0.2) is 6.20 Å². The summed E-state index contributed by atoms with van der Waals surface area (Å²) in [6, 6.07) is 10.9. The molecule has 0 atom stereocenters. The number of anilines is 2. The average Bonchev–Trinajstić information content (AvgIpc) is 2.81. The van der Waals surface area contributed by atoms with Crippen molar-refractivity contribution >= 4 is 34.9 Å². The topological polar surface area (TPSA) is 110 Å². The Balaban J connectivity index is 1.65. The number of hydrogen-bond donors (Lipinski definition) is 3. The van der Waals surface area contributed by atoms with E-state index in [0.717, 1.165) is 23.3 Å². The number of aromatic nitrogens is 1. The molecule has 2 aromatic carbocycles. The number of hydrogen-bond acceptors (Lipinski definition) is 5. The molecule has 184 valence electrons. The number of ether oxygens (including phenoxy) is 1. The van der Waals surface area contributed by atoms with Gasteiger partial charge in [0.1, 0.15) is 11.5 Å². The van der Waals surface area contributed by atoms with Crippen molar-refractivity contribution in [3.8, 4) is 11.5 Å². The molecule has 0 saturated heterocycles. The van der Waals surface area contributed by atoms with Gasteiger partial charge in [0, 0.05) is 31.5 Å². The maximum absolute atomic E-state index is 13.0. The second kappa shape index (κ2) is 10.5. The van der Waals surface area contributed by atoms with Crippen LogP contribution in [0, 0.1) is 5.21 Å². The van der Waals surface area contributed by atoms with Crippen molar-refractivity contribution in [1.82, 2.24) is 10.4 Å². The molecular formula is C22H19ClF3N5O4. The molecule has 0 aliphatic heterocycles. The molecule has 3 amide bonds. The fourth-order valence-corrected chi connectivity index (χ4v) is 3.04. The second-order valence-corrected chi connectivity index (χ2v) is 7.47. The molecule has 0 aliphatic rings. The first-order chi connectivity index (χ1) is 16.5. The molecule has 0 fully saturated rings. The number of rotatable bonds is 6. The Morgan fingerprint density at radius 1 is 1.00 bits per heavy atom. The summed E-state index contributed by atoms with van der Waals surface area (Å²) >= 11 is 5.57. The maximum Gasteiger partial charge on any atom is 0.417 e. The van der Waals surface area contributed by atoms with Crippen molar-refractivity contribution in [3.63, 3.8) is 0 Å². The monoisotopic (exact) mass is 509 g/mol. The number of halogens is 4. The molecule has 0 bridgehead atoms. The van der Waals surface area contributed by atoms with E-state index in [1.165, 1.54) is 56.6 Å². The number of hydrazine groups is 1. The molecule has 1 aromatic heterocycles. The van der Waals surface area contributed by atoms with E-state index in [-0.39, 0.29) is 17.1 Å². The molecule has 0 spiro atoms. The first-order valence-electron chi connectivity index (χ1n) is 9.89. The minimum atomic E-state index is -4.66. The van der Waals surface area contributed by atoms with E-state index < -0.39 is 28.7 Å². The lowest BCUT2D eigenvalue weighted by Crippen LogP contribution is -2.44. The third kappa shape index (κ3) is 6.52. The SMILES string of the molecule is CNN(C)C(=O)c1cc(Oc2ccc(NC(=O)Nc3ccc(Cl)c(C(F)(F)F)c3)cc2)cc[n+]1[O-]. The number of urea groups is 1. The number of carbonyl (C=O) groups is 2. The largest absolute Gasteiger partial charge is 0.618 e. The summed E-state index contributed by atoms with van der Waals surface area (Å²) < 4.78 is 45.0. The predicted octanol–water partition coefficient (Wildman–Crippen LogP) is 4.63. The van der Waals surface area contributed by atoms with Gasteiger partial charge in [0.25, 0.3) is 5.69 Å². The highest BCUT2D eigenvalue weighted by Gasteiger charge is 2.33. The van der Waals surface area contributed by atoms with Gasteiger partial charge in [0.2, 0.25) is 0 Å². The zero-order valence-electron chi connectivity index (χ0n) is 18.3. The highest BCUT2D eigenvalue weighted by atomic mass is 35.5.